The second-order valence-electron chi connectivity index (χ2n) is 5.80. The number of carbonyl (C=O) groups is 1. The molecule has 27 heavy (non-hydrogen) atoms. The summed E-state index contributed by atoms with van der Waals surface area (Å²) < 4.78 is 24.8. The third-order valence-electron chi connectivity index (χ3n) is 3.81. The maximum Gasteiger partial charge on any atom is 0.224 e. The molecule has 0 saturated carbocycles. The second kappa shape index (κ2) is 10.3. The molecular weight excluding hydrogens is 417 g/mol. The summed E-state index contributed by atoms with van der Waals surface area (Å²) in [7, 11) is 0. The van der Waals surface area contributed by atoms with Crippen LogP contribution >= 0.6 is 15.9 Å². The van der Waals surface area contributed by atoms with Crippen molar-refractivity contribution in [3.8, 4) is 11.5 Å². The van der Waals surface area contributed by atoms with Gasteiger partial charge in [-0.1, -0.05) is 28.1 Å². The van der Waals surface area contributed by atoms with Gasteiger partial charge in [0.1, 0.15) is 5.82 Å². The molecule has 2 N–H and O–H groups in total. The van der Waals surface area contributed by atoms with Crippen LogP contribution in [0, 0.1) is 5.82 Å². The number of aliphatic hydroxyl groups is 1. The molecule has 0 aliphatic heterocycles. The number of aliphatic hydroxyl groups excluding tert-OH is 1. The Morgan fingerprint density at radius 1 is 1.15 bits per heavy atom. The first-order valence-corrected chi connectivity index (χ1v) is 9.52. The predicted molar refractivity (Wildman–Crippen MR) is 105 cm³/mol. The highest BCUT2D eigenvalue weighted by Gasteiger charge is 2.15. The molecule has 0 aliphatic carbocycles. The Morgan fingerprint density at radius 2 is 1.74 bits per heavy atom. The number of benzene rings is 2. The predicted octanol–water partition coefficient (Wildman–Crippen LogP) is 3.78. The third-order valence-corrected chi connectivity index (χ3v) is 4.55. The molecule has 146 valence electrons. The lowest BCUT2D eigenvalue weighted by molar-refractivity contribution is -0.120. The van der Waals surface area contributed by atoms with E-state index in [9.17, 15) is 14.3 Å². The summed E-state index contributed by atoms with van der Waals surface area (Å²) in [4.78, 5) is 12.3. The zero-order valence-electron chi connectivity index (χ0n) is 15.3. The van der Waals surface area contributed by atoms with Gasteiger partial charge in [-0.2, -0.15) is 0 Å². The fourth-order valence-corrected chi connectivity index (χ4v) is 2.96. The van der Waals surface area contributed by atoms with Gasteiger partial charge in [0, 0.05) is 11.0 Å². The first-order valence-electron chi connectivity index (χ1n) is 8.72. The molecule has 0 heterocycles. The summed E-state index contributed by atoms with van der Waals surface area (Å²) in [6, 6.07) is 9.07. The van der Waals surface area contributed by atoms with E-state index in [0.29, 0.717) is 30.3 Å². The van der Waals surface area contributed by atoms with Gasteiger partial charge in [0.2, 0.25) is 5.91 Å². The maximum atomic E-state index is 12.9. The molecule has 0 aliphatic rings. The van der Waals surface area contributed by atoms with Crippen LogP contribution in [0.4, 0.5) is 4.39 Å². The fourth-order valence-electron chi connectivity index (χ4n) is 2.50. The largest absolute Gasteiger partial charge is 0.490 e. The molecule has 1 unspecified atom stereocenters. The molecule has 1 amide bonds. The van der Waals surface area contributed by atoms with Crippen molar-refractivity contribution in [2.24, 2.45) is 0 Å². The summed E-state index contributed by atoms with van der Waals surface area (Å²) in [5.41, 5.74) is 1.29. The molecule has 7 heteroatoms. The molecule has 2 aromatic carbocycles. The quantitative estimate of drug-likeness (QED) is 0.623. The zero-order valence-corrected chi connectivity index (χ0v) is 16.9. The molecule has 0 radical (unpaired) electrons. The van der Waals surface area contributed by atoms with E-state index in [1.165, 1.54) is 24.3 Å². The molecule has 0 bridgehead atoms. The first-order chi connectivity index (χ1) is 12.9. The van der Waals surface area contributed by atoms with E-state index >= 15 is 0 Å². The Bertz CT molecular complexity index is 767. The minimum atomic E-state index is -0.905. The smallest absolute Gasteiger partial charge is 0.224 e. The van der Waals surface area contributed by atoms with Crippen LogP contribution in [0.1, 0.15) is 31.1 Å². The molecule has 0 aromatic heterocycles. The standard InChI is InChI=1S/C20H23BrFNO4/c1-3-26-18-9-14(16(21)11-19(18)27-4-2)10-20(25)23-12-17(24)13-5-7-15(22)8-6-13/h5-9,11,17,24H,3-4,10,12H2,1-2H3,(H,23,25). The highest BCUT2D eigenvalue weighted by atomic mass is 79.9. The van der Waals surface area contributed by atoms with Crippen molar-refractivity contribution in [2.45, 2.75) is 26.4 Å². The monoisotopic (exact) mass is 439 g/mol. The Balaban J connectivity index is 2.00. The third kappa shape index (κ3) is 6.22. The maximum absolute atomic E-state index is 12.9. The first kappa shape index (κ1) is 21.2. The number of halogens is 2. The van der Waals surface area contributed by atoms with Gasteiger partial charge in [0.25, 0.3) is 0 Å². The Kier molecular flexibility index (Phi) is 8.06. The molecule has 0 saturated heterocycles. The van der Waals surface area contributed by atoms with Gasteiger partial charge in [-0.05, 0) is 49.2 Å². The van der Waals surface area contributed by atoms with Crippen LogP contribution in [0.25, 0.3) is 0 Å². The van der Waals surface area contributed by atoms with Gasteiger partial charge >= 0.3 is 0 Å². The number of hydrogen-bond acceptors (Lipinski definition) is 4. The van der Waals surface area contributed by atoms with E-state index in [1.54, 1.807) is 12.1 Å². The summed E-state index contributed by atoms with van der Waals surface area (Å²) in [5.74, 6) is 0.572. The molecule has 0 spiro atoms. The Hall–Kier alpha value is -2.12. The van der Waals surface area contributed by atoms with E-state index in [4.69, 9.17) is 9.47 Å². The molecule has 2 aromatic rings. The average Bonchev–Trinajstić information content (AvgIpc) is 2.64. The van der Waals surface area contributed by atoms with Crippen molar-refractivity contribution in [2.75, 3.05) is 19.8 Å². The highest BCUT2D eigenvalue weighted by molar-refractivity contribution is 9.10. The van der Waals surface area contributed by atoms with Crippen molar-refractivity contribution in [1.82, 2.24) is 5.32 Å². The van der Waals surface area contributed by atoms with E-state index in [0.717, 1.165) is 10.0 Å². The van der Waals surface area contributed by atoms with Gasteiger partial charge in [-0.25, -0.2) is 4.39 Å². The van der Waals surface area contributed by atoms with Crippen LogP contribution in [-0.4, -0.2) is 30.8 Å². The number of carbonyl (C=O) groups excluding carboxylic acids is 1. The Labute approximate surface area is 166 Å². The summed E-state index contributed by atoms with van der Waals surface area (Å²) in [6.45, 7) is 4.79. The van der Waals surface area contributed by atoms with Crippen LogP contribution in [0.5, 0.6) is 11.5 Å². The van der Waals surface area contributed by atoms with Gasteiger partial charge in [-0.3, -0.25) is 4.79 Å². The van der Waals surface area contributed by atoms with Crippen LogP contribution in [0.3, 0.4) is 0 Å². The van der Waals surface area contributed by atoms with Crippen LogP contribution in [-0.2, 0) is 11.2 Å². The van der Waals surface area contributed by atoms with Gasteiger partial charge in [0.05, 0.1) is 25.7 Å². The summed E-state index contributed by atoms with van der Waals surface area (Å²) in [6.07, 6.45) is -0.791. The lowest BCUT2D eigenvalue weighted by Crippen LogP contribution is -2.29. The number of amides is 1. The minimum Gasteiger partial charge on any atom is -0.490 e. The van der Waals surface area contributed by atoms with E-state index in [-0.39, 0.29) is 24.7 Å². The second-order valence-corrected chi connectivity index (χ2v) is 6.66. The van der Waals surface area contributed by atoms with Gasteiger partial charge < -0.3 is 19.9 Å². The molecule has 5 nitrogen and oxygen atoms in total. The van der Waals surface area contributed by atoms with Crippen molar-refractivity contribution in [3.05, 3.63) is 57.8 Å². The Morgan fingerprint density at radius 3 is 2.33 bits per heavy atom. The number of rotatable bonds is 9. The van der Waals surface area contributed by atoms with E-state index in [1.807, 2.05) is 13.8 Å². The summed E-state index contributed by atoms with van der Waals surface area (Å²) >= 11 is 3.45. The lowest BCUT2D eigenvalue weighted by atomic mass is 10.1. The van der Waals surface area contributed by atoms with E-state index in [2.05, 4.69) is 21.2 Å². The van der Waals surface area contributed by atoms with Crippen LogP contribution < -0.4 is 14.8 Å². The number of hydrogen-bond donors (Lipinski definition) is 2. The number of ether oxygens (including phenoxy) is 2. The van der Waals surface area contributed by atoms with Crippen molar-refractivity contribution in [3.63, 3.8) is 0 Å². The normalized spacial score (nSPS) is 11.7. The fraction of sp³-hybridized carbons (Fsp3) is 0.350. The van der Waals surface area contributed by atoms with Crippen LogP contribution in [0.15, 0.2) is 40.9 Å². The topological polar surface area (TPSA) is 67.8 Å². The average molecular weight is 440 g/mol. The summed E-state index contributed by atoms with van der Waals surface area (Å²) in [5, 5.41) is 12.8. The molecule has 1 atom stereocenters. The SMILES string of the molecule is CCOc1cc(Br)c(CC(=O)NCC(O)c2ccc(F)cc2)cc1OCC. The van der Waals surface area contributed by atoms with Gasteiger partial charge in [0.15, 0.2) is 11.5 Å². The van der Waals surface area contributed by atoms with Crippen molar-refractivity contribution < 1.29 is 23.8 Å². The van der Waals surface area contributed by atoms with E-state index < -0.39 is 6.10 Å². The zero-order chi connectivity index (χ0) is 19.8. The molecule has 2 rings (SSSR count). The van der Waals surface area contributed by atoms with Crippen molar-refractivity contribution in [1.29, 1.82) is 0 Å². The van der Waals surface area contributed by atoms with Gasteiger partial charge in [-0.15, -0.1) is 0 Å². The molecule has 0 fully saturated rings. The minimum absolute atomic E-state index is 0.0391. The van der Waals surface area contributed by atoms with Crippen LogP contribution in [0.2, 0.25) is 0 Å². The molecular formula is C20H23BrFNO4. The highest BCUT2D eigenvalue weighted by Crippen LogP contribution is 2.34. The lowest BCUT2D eigenvalue weighted by Gasteiger charge is -2.15. The van der Waals surface area contributed by atoms with Crippen molar-refractivity contribution >= 4 is 21.8 Å². The number of nitrogens with one attached hydrogen (secondary N) is 1.